The molecule has 0 heterocycles. The van der Waals surface area contributed by atoms with E-state index >= 15 is 0 Å². The van der Waals surface area contributed by atoms with Crippen molar-refractivity contribution in [2.24, 2.45) is 0 Å². The Kier molecular flexibility index (Phi) is 3.92. The van der Waals surface area contributed by atoms with E-state index in [1.165, 1.54) is 0 Å². The minimum absolute atomic E-state index is 0.313. The molecule has 4 nitrogen and oxygen atoms in total. The van der Waals surface area contributed by atoms with Crippen LogP contribution in [0.15, 0.2) is 42.5 Å². The number of halogens is 1. The lowest BCUT2D eigenvalue weighted by Gasteiger charge is -2.09. The molecule has 0 radical (unpaired) electrons. The van der Waals surface area contributed by atoms with Crippen LogP contribution in [-0.4, -0.2) is 6.03 Å². The summed E-state index contributed by atoms with van der Waals surface area (Å²) in [6.07, 6.45) is 0. The number of aryl methyl sites for hydroxylation is 1. The molecule has 0 bridgehead atoms. The van der Waals surface area contributed by atoms with Crippen molar-refractivity contribution in [1.29, 1.82) is 0 Å². The van der Waals surface area contributed by atoms with E-state index in [-0.39, 0.29) is 6.03 Å². The number of urea groups is 1. The van der Waals surface area contributed by atoms with Gasteiger partial charge in [0.1, 0.15) is 0 Å². The van der Waals surface area contributed by atoms with Crippen LogP contribution >= 0.6 is 11.6 Å². The zero-order valence-electron chi connectivity index (χ0n) is 10.4. The minimum Gasteiger partial charge on any atom is -0.399 e. The molecular formula is C14H14ClN3O. The van der Waals surface area contributed by atoms with Crippen LogP contribution in [0.2, 0.25) is 5.02 Å². The van der Waals surface area contributed by atoms with Gasteiger partial charge in [0.15, 0.2) is 0 Å². The Morgan fingerprint density at radius 1 is 1.05 bits per heavy atom. The van der Waals surface area contributed by atoms with E-state index in [2.05, 4.69) is 10.6 Å². The Bertz CT molecular complexity index is 596. The molecule has 98 valence electrons. The van der Waals surface area contributed by atoms with Gasteiger partial charge in [-0.15, -0.1) is 0 Å². The maximum atomic E-state index is 11.8. The number of nitrogens with two attached hydrogens (primary N) is 1. The fourth-order valence-electron chi connectivity index (χ4n) is 1.58. The number of nitrogen functional groups attached to an aromatic ring is 1. The van der Waals surface area contributed by atoms with Gasteiger partial charge in [0.05, 0.1) is 0 Å². The molecule has 0 unspecified atom stereocenters. The molecule has 0 saturated carbocycles. The second-order valence-electron chi connectivity index (χ2n) is 4.16. The summed E-state index contributed by atoms with van der Waals surface area (Å²) in [6, 6.07) is 11.9. The van der Waals surface area contributed by atoms with Gasteiger partial charge in [0.2, 0.25) is 0 Å². The first-order valence-electron chi connectivity index (χ1n) is 5.74. The van der Waals surface area contributed by atoms with Crippen molar-refractivity contribution in [2.75, 3.05) is 16.4 Å². The number of carbonyl (C=O) groups excluding carboxylic acids is 1. The van der Waals surface area contributed by atoms with E-state index in [1.54, 1.807) is 36.4 Å². The lowest BCUT2D eigenvalue weighted by Crippen LogP contribution is -2.19. The van der Waals surface area contributed by atoms with Gasteiger partial charge < -0.3 is 16.4 Å². The zero-order valence-corrected chi connectivity index (χ0v) is 11.2. The Morgan fingerprint density at radius 2 is 1.63 bits per heavy atom. The summed E-state index contributed by atoms with van der Waals surface area (Å²) in [5, 5.41) is 6.07. The predicted molar refractivity (Wildman–Crippen MR) is 79.7 cm³/mol. The number of nitrogens with one attached hydrogen (secondary N) is 2. The molecule has 2 aromatic rings. The quantitative estimate of drug-likeness (QED) is 0.728. The summed E-state index contributed by atoms with van der Waals surface area (Å²) in [5.74, 6) is 0. The number of anilines is 3. The van der Waals surface area contributed by atoms with Crippen LogP contribution < -0.4 is 16.4 Å². The maximum absolute atomic E-state index is 11.8. The van der Waals surface area contributed by atoms with Crippen LogP contribution in [0.3, 0.4) is 0 Å². The smallest absolute Gasteiger partial charge is 0.323 e. The Hall–Kier alpha value is -2.20. The first-order valence-corrected chi connectivity index (χ1v) is 6.12. The molecule has 0 spiro atoms. The molecule has 0 atom stereocenters. The summed E-state index contributed by atoms with van der Waals surface area (Å²) >= 11 is 5.77. The first-order chi connectivity index (χ1) is 9.04. The largest absolute Gasteiger partial charge is 0.399 e. The molecule has 0 fully saturated rings. The van der Waals surface area contributed by atoms with Gasteiger partial charge in [0, 0.05) is 22.1 Å². The van der Waals surface area contributed by atoms with Gasteiger partial charge in [-0.2, -0.15) is 0 Å². The van der Waals surface area contributed by atoms with Crippen LogP contribution in [0, 0.1) is 6.92 Å². The van der Waals surface area contributed by atoms with E-state index in [9.17, 15) is 4.79 Å². The molecule has 0 aliphatic carbocycles. The number of carbonyl (C=O) groups is 1. The average Bonchev–Trinajstić information content (AvgIpc) is 2.37. The topological polar surface area (TPSA) is 67.2 Å². The Morgan fingerprint density at radius 3 is 2.26 bits per heavy atom. The zero-order chi connectivity index (χ0) is 13.8. The third-order valence-corrected chi connectivity index (χ3v) is 2.88. The number of benzene rings is 2. The third-order valence-electron chi connectivity index (χ3n) is 2.63. The van der Waals surface area contributed by atoms with E-state index in [0.29, 0.717) is 22.1 Å². The highest BCUT2D eigenvalue weighted by Crippen LogP contribution is 2.17. The first kappa shape index (κ1) is 13.2. The molecule has 2 amide bonds. The van der Waals surface area contributed by atoms with Crippen molar-refractivity contribution in [3.05, 3.63) is 53.1 Å². The molecule has 19 heavy (non-hydrogen) atoms. The standard InChI is InChI=1S/C14H14ClN3O/c1-9-8-12(6-7-13(9)16)18-14(19)17-11-4-2-10(15)3-5-11/h2-8H,16H2,1H3,(H2,17,18,19). The number of hydrogen-bond donors (Lipinski definition) is 3. The predicted octanol–water partition coefficient (Wildman–Crippen LogP) is 3.87. The lowest BCUT2D eigenvalue weighted by atomic mass is 10.2. The van der Waals surface area contributed by atoms with Crippen LogP contribution in [0.25, 0.3) is 0 Å². The molecule has 0 aliphatic heterocycles. The second-order valence-corrected chi connectivity index (χ2v) is 4.59. The van der Waals surface area contributed by atoms with Gasteiger partial charge in [-0.1, -0.05) is 11.6 Å². The minimum atomic E-state index is -0.313. The maximum Gasteiger partial charge on any atom is 0.323 e. The van der Waals surface area contributed by atoms with Gasteiger partial charge in [0.25, 0.3) is 0 Å². The average molecular weight is 276 g/mol. The van der Waals surface area contributed by atoms with Crippen molar-refractivity contribution >= 4 is 34.7 Å². The van der Waals surface area contributed by atoms with Crippen molar-refractivity contribution in [3.63, 3.8) is 0 Å². The van der Waals surface area contributed by atoms with E-state index in [1.807, 2.05) is 13.0 Å². The van der Waals surface area contributed by atoms with Crippen LogP contribution in [-0.2, 0) is 0 Å². The monoisotopic (exact) mass is 275 g/mol. The summed E-state index contributed by atoms with van der Waals surface area (Å²) < 4.78 is 0. The van der Waals surface area contributed by atoms with E-state index in [4.69, 9.17) is 17.3 Å². The van der Waals surface area contributed by atoms with Crippen LogP contribution in [0.1, 0.15) is 5.56 Å². The van der Waals surface area contributed by atoms with Crippen molar-refractivity contribution in [3.8, 4) is 0 Å². The van der Waals surface area contributed by atoms with Gasteiger partial charge >= 0.3 is 6.03 Å². The summed E-state index contributed by atoms with van der Waals surface area (Å²) in [7, 11) is 0. The highest BCUT2D eigenvalue weighted by molar-refractivity contribution is 6.30. The highest BCUT2D eigenvalue weighted by atomic mass is 35.5. The Balaban J connectivity index is 2.01. The lowest BCUT2D eigenvalue weighted by molar-refractivity contribution is 0.262. The van der Waals surface area contributed by atoms with Gasteiger partial charge in [-0.25, -0.2) is 4.79 Å². The molecule has 0 aliphatic rings. The number of rotatable bonds is 2. The third kappa shape index (κ3) is 3.63. The van der Waals surface area contributed by atoms with Crippen molar-refractivity contribution in [1.82, 2.24) is 0 Å². The molecular weight excluding hydrogens is 262 g/mol. The second kappa shape index (κ2) is 5.63. The van der Waals surface area contributed by atoms with Crippen LogP contribution in [0.5, 0.6) is 0 Å². The van der Waals surface area contributed by atoms with Crippen molar-refractivity contribution < 1.29 is 4.79 Å². The summed E-state index contributed by atoms with van der Waals surface area (Å²) in [6.45, 7) is 1.89. The Labute approximate surface area is 116 Å². The fourth-order valence-corrected chi connectivity index (χ4v) is 1.71. The fraction of sp³-hybridized carbons (Fsp3) is 0.0714. The van der Waals surface area contributed by atoms with Crippen LogP contribution in [0.4, 0.5) is 21.9 Å². The number of hydrogen-bond acceptors (Lipinski definition) is 2. The van der Waals surface area contributed by atoms with Gasteiger partial charge in [-0.05, 0) is 55.0 Å². The van der Waals surface area contributed by atoms with E-state index in [0.717, 1.165) is 5.56 Å². The molecule has 0 saturated heterocycles. The van der Waals surface area contributed by atoms with Crippen molar-refractivity contribution in [2.45, 2.75) is 6.92 Å². The SMILES string of the molecule is Cc1cc(NC(=O)Nc2ccc(Cl)cc2)ccc1N. The number of amides is 2. The molecule has 2 rings (SSSR count). The molecule has 5 heteroatoms. The van der Waals surface area contributed by atoms with Gasteiger partial charge in [-0.3, -0.25) is 0 Å². The highest BCUT2D eigenvalue weighted by Gasteiger charge is 2.03. The molecule has 0 aromatic heterocycles. The van der Waals surface area contributed by atoms with E-state index < -0.39 is 0 Å². The molecule has 4 N–H and O–H groups in total. The summed E-state index contributed by atoms with van der Waals surface area (Å²) in [4.78, 5) is 11.8. The normalized spacial score (nSPS) is 10.0. The summed E-state index contributed by atoms with van der Waals surface area (Å²) in [5.41, 5.74) is 8.70. The molecule has 2 aromatic carbocycles.